The fraction of sp³-hybridized carbons (Fsp3) is 0.385. The summed E-state index contributed by atoms with van der Waals surface area (Å²) in [6.45, 7) is 3.99. The molecular weight excluding hydrogens is 503 g/mol. The number of hydrogen-bond donors (Lipinski definition) is 5. The van der Waals surface area contributed by atoms with Gasteiger partial charge in [0.15, 0.2) is 17.5 Å². The average molecular weight is 534 g/mol. The highest BCUT2D eigenvalue weighted by Crippen LogP contribution is 2.16. The van der Waals surface area contributed by atoms with Gasteiger partial charge in [0.2, 0.25) is 11.8 Å². The van der Waals surface area contributed by atoms with Crippen LogP contribution in [0.15, 0.2) is 36.4 Å². The first kappa shape index (κ1) is 28.6. The largest absolute Gasteiger partial charge is 0.444 e. The first-order valence-corrected chi connectivity index (χ1v) is 12.1. The molecule has 0 bridgehead atoms. The number of alkyl carbamates (subject to hydrolysis) is 1. The minimum Gasteiger partial charge on any atom is -0.444 e. The lowest BCUT2D eigenvalue weighted by atomic mass is 9.94. The van der Waals surface area contributed by atoms with Gasteiger partial charge in [-0.1, -0.05) is 31.2 Å². The molecule has 0 aliphatic carbocycles. The van der Waals surface area contributed by atoms with Crippen LogP contribution in [0.25, 0.3) is 0 Å². The average Bonchev–Trinajstić information content (AvgIpc) is 2.90. The lowest BCUT2D eigenvalue weighted by Gasteiger charge is -2.28. The van der Waals surface area contributed by atoms with Crippen molar-refractivity contribution in [3.05, 3.63) is 70.5 Å². The molecule has 5 N–H and O–H groups in total. The predicted octanol–water partition coefficient (Wildman–Crippen LogP) is 2.86. The van der Waals surface area contributed by atoms with Crippen molar-refractivity contribution in [2.24, 2.45) is 5.92 Å². The number of amidine groups is 1. The van der Waals surface area contributed by atoms with Crippen molar-refractivity contribution < 1.29 is 32.3 Å². The van der Waals surface area contributed by atoms with E-state index in [0.717, 1.165) is 25.5 Å². The number of benzene rings is 2. The quantitative estimate of drug-likeness (QED) is 0.202. The Bertz CT molecular complexity index is 1190. The van der Waals surface area contributed by atoms with E-state index in [2.05, 4.69) is 28.2 Å². The summed E-state index contributed by atoms with van der Waals surface area (Å²) < 4.78 is 44.7. The third kappa shape index (κ3) is 7.78. The number of carbonyl (C=O) groups is 3. The monoisotopic (exact) mass is 533 g/mol. The van der Waals surface area contributed by atoms with Gasteiger partial charge >= 0.3 is 6.09 Å². The molecular formula is C26H30F3N5O4. The van der Waals surface area contributed by atoms with E-state index in [0.29, 0.717) is 23.1 Å². The second kappa shape index (κ2) is 13.0. The van der Waals surface area contributed by atoms with Gasteiger partial charge < -0.3 is 20.7 Å². The van der Waals surface area contributed by atoms with E-state index in [1.807, 2.05) is 0 Å². The number of nitrogens with one attached hydrogen (secondary N) is 5. The molecule has 204 valence electrons. The van der Waals surface area contributed by atoms with Crippen LogP contribution < -0.4 is 21.3 Å². The number of amides is 3. The highest BCUT2D eigenvalue weighted by Gasteiger charge is 2.26. The molecule has 1 aliphatic rings. The molecule has 1 heterocycles. The maximum atomic E-state index is 13.7. The number of ether oxygens (including phenoxy) is 1. The minimum atomic E-state index is -1.67. The number of rotatable bonds is 8. The summed E-state index contributed by atoms with van der Waals surface area (Å²) >= 11 is 0. The van der Waals surface area contributed by atoms with Gasteiger partial charge in [-0.2, -0.15) is 0 Å². The first-order chi connectivity index (χ1) is 18.0. The zero-order valence-electron chi connectivity index (χ0n) is 21.0. The number of hydrogen-bond acceptors (Lipinski definition) is 6. The number of piperidine rings is 1. The van der Waals surface area contributed by atoms with Gasteiger partial charge in [-0.15, -0.1) is 0 Å². The lowest BCUT2D eigenvalue weighted by Crippen LogP contribution is -2.53. The number of halogens is 3. The van der Waals surface area contributed by atoms with Crippen molar-refractivity contribution in [2.75, 3.05) is 6.54 Å². The molecule has 2 aromatic rings. The molecule has 0 aromatic heterocycles. The Morgan fingerprint density at radius 3 is 2.50 bits per heavy atom. The molecule has 1 aliphatic heterocycles. The van der Waals surface area contributed by atoms with E-state index in [1.165, 1.54) is 0 Å². The van der Waals surface area contributed by atoms with E-state index < -0.39 is 36.2 Å². The summed E-state index contributed by atoms with van der Waals surface area (Å²) in [6, 6.07) is 7.01. The van der Waals surface area contributed by atoms with Gasteiger partial charge in [-0.25, -0.2) is 18.0 Å². The van der Waals surface area contributed by atoms with Crippen LogP contribution in [-0.2, 0) is 27.5 Å². The normalized spacial score (nSPS) is 17.7. The second-order valence-electron chi connectivity index (χ2n) is 9.19. The third-order valence-corrected chi connectivity index (χ3v) is 6.14. The Kier molecular flexibility index (Phi) is 9.83. The zero-order chi connectivity index (χ0) is 27.8. The smallest absolute Gasteiger partial charge is 0.413 e. The van der Waals surface area contributed by atoms with Gasteiger partial charge in [0.05, 0.1) is 6.04 Å². The molecule has 0 radical (unpaired) electrons. The van der Waals surface area contributed by atoms with E-state index >= 15 is 0 Å². The molecule has 0 saturated carbocycles. The van der Waals surface area contributed by atoms with Crippen molar-refractivity contribution in [1.29, 1.82) is 5.41 Å². The van der Waals surface area contributed by atoms with Crippen LogP contribution in [0, 0.1) is 28.8 Å². The van der Waals surface area contributed by atoms with Crippen molar-refractivity contribution in [1.82, 2.24) is 21.3 Å². The van der Waals surface area contributed by atoms with Crippen LogP contribution in [0.2, 0.25) is 0 Å². The van der Waals surface area contributed by atoms with Gasteiger partial charge in [0.1, 0.15) is 18.5 Å². The Morgan fingerprint density at radius 1 is 1.11 bits per heavy atom. The molecule has 1 fully saturated rings. The van der Waals surface area contributed by atoms with Crippen LogP contribution >= 0.6 is 0 Å². The van der Waals surface area contributed by atoms with Crippen molar-refractivity contribution in [3.63, 3.8) is 0 Å². The zero-order valence-corrected chi connectivity index (χ0v) is 21.0. The molecule has 12 heteroatoms. The fourth-order valence-electron chi connectivity index (χ4n) is 3.85. The van der Waals surface area contributed by atoms with Crippen LogP contribution in [0.1, 0.15) is 43.4 Å². The van der Waals surface area contributed by atoms with Crippen LogP contribution in [-0.4, -0.2) is 42.4 Å². The molecule has 9 nitrogen and oxygen atoms in total. The van der Waals surface area contributed by atoms with Crippen LogP contribution in [0.5, 0.6) is 0 Å². The topological polar surface area (TPSA) is 132 Å². The Balaban J connectivity index is 1.42. The summed E-state index contributed by atoms with van der Waals surface area (Å²) in [6.07, 6.45) is 0.657. The first-order valence-electron chi connectivity index (χ1n) is 12.1. The standard InChI is InChI=1S/C26H30F3N5O4/c1-14-9-10-31-20(11-14)25(36)33-15(2)24(35)32-12-16-3-5-17(6-4-16)23(30)34-26(37)38-13-18-7-8-19(27)22(29)21(18)28/h3-8,14-15,20,31H,9-13H2,1-2H3,(H,32,35)(H,33,36)(H2,30,34,37)/t14-,15-,20+/m0/s1. The molecule has 3 amide bonds. The summed E-state index contributed by atoms with van der Waals surface area (Å²) in [5.74, 6) is -4.89. The highest BCUT2D eigenvalue weighted by molar-refractivity contribution is 6.04. The fourth-order valence-corrected chi connectivity index (χ4v) is 3.85. The molecule has 3 atom stereocenters. The maximum absolute atomic E-state index is 13.7. The van der Waals surface area contributed by atoms with Crippen molar-refractivity contribution in [3.8, 4) is 0 Å². The summed E-state index contributed by atoms with van der Waals surface area (Å²) in [5.41, 5.74) is 0.685. The van der Waals surface area contributed by atoms with Gasteiger partial charge in [-0.3, -0.25) is 20.3 Å². The van der Waals surface area contributed by atoms with Gasteiger partial charge in [-0.05, 0) is 49.9 Å². The lowest BCUT2D eigenvalue weighted by molar-refractivity contribution is -0.130. The minimum absolute atomic E-state index is 0.181. The van der Waals surface area contributed by atoms with Crippen LogP contribution in [0.4, 0.5) is 18.0 Å². The molecule has 38 heavy (non-hydrogen) atoms. The SMILES string of the molecule is C[C@H]1CCN[C@@H](C(=O)N[C@@H](C)C(=O)NCc2ccc(C(=N)NC(=O)OCc3ccc(F)c(F)c3F)cc2)C1. The van der Waals surface area contributed by atoms with E-state index in [1.54, 1.807) is 31.2 Å². The van der Waals surface area contributed by atoms with Gasteiger partial charge in [0, 0.05) is 17.7 Å². The number of carbonyl (C=O) groups excluding carboxylic acids is 3. The summed E-state index contributed by atoms with van der Waals surface area (Å²) in [7, 11) is 0. The summed E-state index contributed by atoms with van der Waals surface area (Å²) in [5, 5.41) is 18.8. The van der Waals surface area contributed by atoms with Gasteiger partial charge in [0.25, 0.3) is 0 Å². The highest BCUT2D eigenvalue weighted by atomic mass is 19.2. The maximum Gasteiger partial charge on any atom is 0.413 e. The van der Waals surface area contributed by atoms with Crippen molar-refractivity contribution in [2.45, 2.75) is 51.9 Å². The van der Waals surface area contributed by atoms with E-state index in [-0.39, 0.29) is 35.8 Å². The van der Waals surface area contributed by atoms with E-state index in [4.69, 9.17) is 10.1 Å². The molecule has 0 unspecified atom stereocenters. The van der Waals surface area contributed by atoms with Crippen molar-refractivity contribution >= 4 is 23.7 Å². The molecule has 3 rings (SSSR count). The molecule has 2 aromatic carbocycles. The predicted molar refractivity (Wildman–Crippen MR) is 133 cm³/mol. The molecule has 1 saturated heterocycles. The Hall–Kier alpha value is -3.93. The second-order valence-corrected chi connectivity index (χ2v) is 9.19. The van der Waals surface area contributed by atoms with E-state index in [9.17, 15) is 27.6 Å². The van der Waals surface area contributed by atoms with Crippen LogP contribution in [0.3, 0.4) is 0 Å². The third-order valence-electron chi connectivity index (χ3n) is 6.14. The summed E-state index contributed by atoms with van der Waals surface area (Å²) in [4.78, 5) is 36.7. The molecule has 0 spiro atoms. The Morgan fingerprint density at radius 2 is 1.82 bits per heavy atom. The Labute approximate surface area is 218 Å².